The molecule has 18 heavy (non-hydrogen) atoms. The second kappa shape index (κ2) is 30.2. The van der Waals surface area contributed by atoms with Crippen molar-refractivity contribution in [3.63, 3.8) is 0 Å². The van der Waals surface area contributed by atoms with E-state index in [9.17, 15) is 0 Å². The predicted molar refractivity (Wildman–Crippen MR) is 92.3 cm³/mol. The van der Waals surface area contributed by atoms with Gasteiger partial charge in [0, 0.05) is 0 Å². The molecule has 0 bridgehead atoms. The third-order valence-electron chi connectivity index (χ3n) is 2.73. The highest BCUT2D eigenvalue weighted by atomic mass is 14.4. The Morgan fingerprint density at radius 2 is 0.944 bits per heavy atom. The van der Waals surface area contributed by atoms with Crippen LogP contribution in [0.3, 0.4) is 0 Å². The molecule has 0 rings (SSSR count). The zero-order valence-corrected chi connectivity index (χ0v) is 15.8. The SMILES string of the molecule is CC.CC.CCC(C)(C)CC.CCC(C)C.CN. The Bertz CT molecular complexity index is 79.6. The minimum atomic E-state index is 0.583. The first-order valence-corrected chi connectivity index (χ1v) is 7.97. The topological polar surface area (TPSA) is 26.0 Å². The van der Waals surface area contributed by atoms with Crippen LogP contribution in [0.5, 0.6) is 0 Å². The Kier molecular flexibility index (Phi) is 51.6. The first kappa shape index (κ1) is 30.8. The van der Waals surface area contributed by atoms with Gasteiger partial charge in [-0.3, -0.25) is 0 Å². The van der Waals surface area contributed by atoms with Crippen LogP contribution in [-0.4, -0.2) is 7.05 Å². The molecular formula is C17H45N. The molecule has 0 spiro atoms. The first-order valence-electron chi connectivity index (χ1n) is 7.97. The second-order valence-electron chi connectivity index (χ2n) is 4.67. The van der Waals surface area contributed by atoms with Gasteiger partial charge in [-0.15, -0.1) is 0 Å². The van der Waals surface area contributed by atoms with Crippen LogP contribution in [0, 0.1) is 11.3 Å². The molecule has 1 nitrogen and oxygen atoms in total. The molecule has 1 heteroatoms. The summed E-state index contributed by atoms with van der Waals surface area (Å²) in [7, 11) is 1.50. The van der Waals surface area contributed by atoms with Gasteiger partial charge in [-0.2, -0.15) is 0 Å². The lowest BCUT2D eigenvalue weighted by Crippen LogP contribution is -2.05. The summed E-state index contributed by atoms with van der Waals surface area (Å²) in [6.45, 7) is 23.7. The Morgan fingerprint density at radius 3 is 0.944 bits per heavy atom. The molecule has 0 aliphatic heterocycles. The summed E-state index contributed by atoms with van der Waals surface area (Å²) in [5, 5.41) is 0. The van der Waals surface area contributed by atoms with Gasteiger partial charge in [0.25, 0.3) is 0 Å². The number of hydrogen-bond acceptors (Lipinski definition) is 1. The van der Waals surface area contributed by atoms with Gasteiger partial charge in [0.15, 0.2) is 0 Å². The van der Waals surface area contributed by atoms with E-state index in [0.29, 0.717) is 5.41 Å². The van der Waals surface area contributed by atoms with Gasteiger partial charge in [0.1, 0.15) is 0 Å². The van der Waals surface area contributed by atoms with E-state index in [1.807, 2.05) is 27.7 Å². The molecule has 0 aliphatic rings. The van der Waals surface area contributed by atoms with Crippen LogP contribution in [0.2, 0.25) is 0 Å². The minimum Gasteiger partial charge on any atom is -0.333 e. The van der Waals surface area contributed by atoms with E-state index >= 15 is 0 Å². The summed E-state index contributed by atoms with van der Waals surface area (Å²) in [5.41, 5.74) is 5.08. The molecule has 0 heterocycles. The van der Waals surface area contributed by atoms with Gasteiger partial charge in [0.05, 0.1) is 0 Å². The van der Waals surface area contributed by atoms with E-state index in [-0.39, 0.29) is 0 Å². The van der Waals surface area contributed by atoms with Gasteiger partial charge in [-0.05, 0) is 18.4 Å². The van der Waals surface area contributed by atoms with E-state index in [0.717, 1.165) is 5.92 Å². The molecule has 0 amide bonds. The standard InChI is InChI=1S/C7H16.C5H12.2C2H6.CH5N/c1-5-7(3,4)6-2;1-4-5(2)3;3*1-2/h5-6H2,1-4H3;5H,4H2,1-3H3;2*1-2H3;2H2,1H3. The molecule has 0 aromatic heterocycles. The maximum atomic E-state index is 4.50. The lowest BCUT2D eigenvalue weighted by Gasteiger charge is -2.18. The maximum Gasteiger partial charge on any atom is -0.0195 e. The van der Waals surface area contributed by atoms with Crippen molar-refractivity contribution >= 4 is 0 Å². The smallest absolute Gasteiger partial charge is 0.0195 e. The Hall–Kier alpha value is -0.0400. The second-order valence-corrected chi connectivity index (χ2v) is 4.67. The van der Waals surface area contributed by atoms with Gasteiger partial charge in [-0.1, -0.05) is 95.4 Å². The van der Waals surface area contributed by atoms with Crippen LogP contribution in [0.15, 0.2) is 0 Å². The van der Waals surface area contributed by atoms with Crippen molar-refractivity contribution in [1.29, 1.82) is 0 Å². The van der Waals surface area contributed by atoms with Crippen molar-refractivity contribution in [2.24, 2.45) is 17.1 Å². The van der Waals surface area contributed by atoms with Gasteiger partial charge in [-0.25, -0.2) is 0 Å². The number of hydrogen-bond donors (Lipinski definition) is 1. The fourth-order valence-corrected chi connectivity index (χ4v) is 0.250. The zero-order chi connectivity index (χ0) is 16.2. The maximum absolute atomic E-state index is 4.50. The highest BCUT2D eigenvalue weighted by Gasteiger charge is 2.09. The third-order valence-corrected chi connectivity index (χ3v) is 2.73. The van der Waals surface area contributed by atoms with Crippen LogP contribution >= 0.6 is 0 Å². The summed E-state index contributed by atoms with van der Waals surface area (Å²) in [5.74, 6) is 0.884. The molecule has 0 unspecified atom stereocenters. The van der Waals surface area contributed by atoms with E-state index in [1.54, 1.807) is 0 Å². The lowest BCUT2D eigenvalue weighted by molar-refractivity contribution is 0.338. The molecular weight excluding hydrogens is 218 g/mol. The molecule has 0 radical (unpaired) electrons. The minimum absolute atomic E-state index is 0.583. The van der Waals surface area contributed by atoms with Crippen LogP contribution in [-0.2, 0) is 0 Å². The van der Waals surface area contributed by atoms with Crippen molar-refractivity contribution in [1.82, 2.24) is 0 Å². The number of nitrogens with two attached hydrogens (primary N) is 1. The molecule has 0 fully saturated rings. The summed E-state index contributed by atoms with van der Waals surface area (Å²) < 4.78 is 0. The highest BCUT2D eigenvalue weighted by molar-refractivity contribution is 4.61. The lowest BCUT2D eigenvalue weighted by atomic mass is 9.88. The van der Waals surface area contributed by atoms with Crippen LogP contribution in [0.1, 0.15) is 95.4 Å². The molecule has 0 aliphatic carbocycles. The van der Waals surface area contributed by atoms with E-state index in [4.69, 9.17) is 0 Å². The average Bonchev–Trinajstić information content (AvgIpc) is 2.46. The van der Waals surface area contributed by atoms with Crippen LogP contribution in [0.4, 0.5) is 0 Å². The third kappa shape index (κ3) is 56.4. The van der Waals surface area contributed by atoms with E-state index in [1.165, 1.54) is 26.3 Å². The van der Waals surface area contributed by atoms with Gasteiger partial charge < -0.3 is 5.73 Å². The quantitative estimate of drug-likeness (QED) is 0.617. The molecule has 0 aromatic rings. The van der Waals surface area contributed by atoms with Crippen LogP contribution in [0.25, 0.3) is 0 Å². The molecule has 118 valence electrons. The molecule has 2 N–H and O–H groups in total. The average molecular weight is 264 g/mol. The van der Waals surface area contributed by atoms with Crippen molar-refractivity contribution in [3.05, 3.63) is 0 Å². The van der Waals surface area contributed by atoms with Crippen molar-refractivity contribution in [2.75, 3.05) is 7.05 Å². The Labute approximate surface area is 120 Å². The predicted octanol–water partition coefficient (Wildman–Crippen LogP) is 6.51. The molecule has 0 atom stereocenters. The highest BCUT2D eigenvalue weighted by Crippen LogP contribution is 2.22. The van der Waals surface area contributed by atoms with E-state index in [2.05, 4.69) is 54.2 Å². The normalized spacial score (nSPS) is 8.33. The van der Waals surface area contributed by atoms with Gasteiger partial charge >= 0.3 is 0 Å². The fourth-order valence-electron chi connectivity index (χ4n) is 0.250. The van der Waals surface area contributed by atoms with E-state index < -0.39 is 0 Å². The fraction of sp³-hybridized carbons (Fsp3) is 1.00. The summed E-state index contributed by atoms with van der Waals surface area (Å²) in [4.78, 5) is 0. The first-order chi connectivity index (χ1) is 8.39. The Balaban J connectivity index is -0.0000000451. The van der Waals surface area contributed by atoms with Crippen molar-refractivity contribution < 1.29 is 0 Å². The number of rotatable bonds is 3. The molecule has 0 saturated heterocycles. The summed E-state index contributed by atoms with van der Waals surface area (Å²) in [6, 6.07) is 0. The Morgan fingerprint density at radius 1 is 0.778 bits per heavy atom. The van der Waals surface area contributed by atoms with Crippen molar-refractivity contribution in [2.45, 2.75) is 95.4 Å². The molecule has 0 saturated carbocycles. The summed E-state index contributed by atoms with van der Waals surface area (Å²) in [6.07, 6.45) is 3.90. The molecule has 0 aromatic carbocycles. The summed E-state index contributed by atoms with van der Waals surface area (Å²) >= 11 is 0. The largest absolute Gasteiger partial charge is 0.333 e. The van der Waals surface area contributed by atoms with Crippen molar-refractivity contribution in [3.8, 4) is 0 Å². The van der Waals surface area contributed by atoms with Crippen LogP contribution < -0.4 is 5.73 Å². The zero-order valence-electron chi connectivity index (χ0n) is 15.8. The monoisotopic (exact) mass is 263 g/mol. The van der Waals surface area contributed by atoms with Gasteiger partial charge in [0.2, 0.25) is 0 Å².